The van der Waals surface area contributed by atoms with Crippen LogP contribution >= 0.6 is 0 Å². The van der Waals surface area contributed by atoms with E-state index in [1.54, 1.807) is 18.9 Å². The number of aromatic nitrogens is 5. The van der Waals surface area contributed by atoms with Crippen LogP contribution in [0.25, 0.3) is 22.3 Å². The molecule has 0 aliphatic heterocycles. The first kappa shape index (κ1) is 23.5. The zero-order valence-electron chi connectivity index (χ0n) is 20.0. The van der Waals surface area contributed by atoms with Gasteiger partial charge in [-0.25, -0.2) is 18.4 Å². The van der Waals surface area contributed by atoms with Crippen LogP contribution in [0.5, 0.6) is 0 Å². The number of likely N-dealkylation sites (N-methyl/N-ethyl adjacent to an activating group) is 1. The Bertz CT molecular complexity index is 1340. The van der Waals surface area contributed by atoms with Crippen LogP contribution in [-0.2, 0) is 24.4 Å². The van der Waals surface area contributed by atoms with Crippen molar-refractivity contribution in [2.24, 2.45) is 0 Å². The van der Waals surface area contributed by atoms with E-state index < -0.39 is 6.43 Å². The first-order chi connectivity index (χ1) is 16.2. The minimum absolute atomic E-state index is 0.102. The van der Waals surface area contributed by atoms with Gasteiger partial charge in [0.05, 0.1) is 22.5 Å². The number of halogens is 2. The molecule has 178 valence electrons. The van der Waals surface area contributed by atoms with E-state index in [4.69, 9.17) is 0 Å². The van der Waals surface area contributed by atoms with Crippen molar-refractivity contribution in [3.05, 3.63) is 64.6 Å². The Hall–Kier alpha value is -3.62. The summed E-state index contributed by atoms with van der Waals surface area (Å²) in [5.74, 6) is -0.196. The van der Waals surface area contributed by atoms with Gasteiger partial charge < -0.3 is 4.90 Å². The molecule has 0 saturated heterocycles. The fourth-order valence-electron chi connectivity index (χ4n) is 4.27. The van der Waals surface area contributed by atoms with Gasteiger partial charge in [-0.05, 0) is 33.8 Å². The van der Waals surface area contributed by atoms with E-state index in [-0.39, 0.29) is 23.7 Å². The molecule has 9 heteroatoms. The summed E-state index contributed by atoms with van der Waals surface area (Å²) in [6.45, 7) is 8.65. The molecule has 0 unspecified atom stereocenters. The number of fused-ring (bicyclic) bond motifs is 1. The van der Waals surface area contributed by atoms with Crippen LogP contribution in [0.3, 0.4) is 0 Å². The van der Waals surface area contributed by atoms with E-state index in [2.05, 4.69) is 15.2 Å². The average molecular weight is 467 g/mol. The van der Waals surface area contributed by atoms with Crippen molar-refractivity contribution < 1.29 is 13.6 Å². The number of nitrogens with zero attached hydrogens (tertiary/aromatic N) is 6. The minimum Gasteiger partial charge on any atom is -0.340 e. The van der Waals surface area contributed by atoms with Gasteiger partial charge in [0.25, 0.3) is 6.43 Å². The highest BCUT2D eigenvalue weighted by Crippen LogP contribution is 2.33. The fourth-order valence-corrected chi connectivity index (χ4v) is 4.27. The van der Waals surface area contributed by atoms with Gasteiger partial charge in [0, 0.05) is 42.5 Å². The third kappa shape index (κ3) is 4.30. The molecule has 4 aromatic rings. The van der Waals surface area contributed by atoms with Gasteiger partial charge in [-0.3, -0.25) is 9.48 Å². The van der Waals surface area contributed by atoms with Gasteiger partial charge in [0.2, 0.25) is 5.91 Å². The second-order valence-corrected chi connectivity index (χ2v) is 8.42. The molecule has 1 aromatic carbocycles. The molecule has 0 radical (unpaired) electrons. The summed E-state index contributed by atoms with van der Waals surface area (Å²) in [5, 5.41) is 9.21. The maximum Gasteiger partial charge on any atom is 0.264 e. The number of rotatable bonds is 7. The number of hydrogen-bond acceptors (Lipinski definition) is 4. The molecular weight excluding hydrogens is 438 g/mol. The Labute approximate surface area is 197 Å². The molecule has 0 spiro atoms. The van der Waals surface area contributed by atoms with E-state index in [1.807, 2.05) is 55.8 Å². The molecule has 7 nitrogen and oxygen atoms in total. The van der Waals surface area contributed by atoms with Crippen LogP contribution in [0.15, 0.2) is 36.4 Å². The van der Waals surface area contributed by atoms with E-state index in [9.17, 15) is 13.6 Å². The molecule has 3 aromatic heterocycles. The number of carbonyl (C=O) groups is 1. The average Bonchev–Trinajstić information content (AvgIpc) is 3.28. The van der Waals surface area contributed by atoms with Crippen molar-refractivity contribution >= 4 is 16.9 Å². The van der Waals surface area contributed by atoms with Gasteiger partial charge in [0.1, 0.15) is 6.54 Å². The maximum atomic E-state index is 14.0. The van der Waals surface area contributed by atoms with Gasteiger partial charge in [-0.1, -0.05) is 30.3 Å². The Balaban J connectivity index is 1.68. The first-order valence-electron chi connectivity index (χ1n) is 11.2. The van der Waals surface area contributed by atoms with Crippen molar-refractivity contribution in [3.8, 4) is 11.3 Å². The van der Waals surface area contributed by atoms with Crippen molar-refractivity contribution in [1.82, 2.24) is 29.4 Å². The zero-order valence-corrected chi connectivity index (χ0v) is 20.0. The normalized spacial score (nSPS) is 11.5. The van der Waals surface area contributed by atoms with E-state index in [0.29, 0.717) is 23.3 Å². The lowest BCUT2D eigenvalue weighted by atomic mass is 10.1. The number of carbonyl (C=O) groups excluding carboxylic acids is 1. The number of pyridine rings is 1. The van der Waals surface area contributed by atoms with Crippen LogP contribution in [0.2, 0.25) is 0 Å². The Morgan fingerprint density at radius 2 is 1.74 bits per heavy atom. The Kier molecular flexibility index (Phi) is 6.45. The third-order valence-electron chi connectivity index (χ3n) is 6.15. The first-order valence-corrected chi connectivity index (χ1v) is 11.2. The summed E-state index contributed by atoms with van der Waals surface area (Å²) in [5.41, 5.74) is 4.62. The predicted molar refractivity (Wildman–Crippen MR) is 127 cm³/mol. The number of hydrogen-bond donors (Lipinski definition) is 0. The highest BCUT2D eigenvalue weighted by atomic mass is 19.3. The van der Waals surface area contributed by atoms with E-state index >= 15 is 0 Å². The smallest absolute Gasteiger partial charge is 0.264 e. The lowest BCUT2D eigenvalue weighted by Crippen LogP contribution is -2.30. The summed E-state index contributed by atoms with van der Waals surface area (Å²) in [6, 6.07) is 10.6. The SMILES string of the molecule is CCn1nc(C)c(CN(C)C(=O)Cn2nc(C)c3c(C(F)F)cc(-c4ccccc4)nc32)c1C. The lowest BCUT2D eigenvalue weighted by Gasteiger charge is -2.18. The molecule has 0 aliphatic carbocycles. The quantitative estimate of drug-likeness (QED) is 0.391. The highest BCUT2D eigenvalue weighted by Gasteiger charge is 2.23. The van der Waals surface area contributed by atoms with Crippen LogP contribution in [0.1, 0.15) is 41.6 Å². The molecule has 4 rings (SSSR count). The summed E-state index contributed by atoms with van der Waals surface area (Å²) < 4.78 is 31.3. The maximum absolute atomic E-state index is 14.0. The van der Waals surface area contributed by atoms with E-state index in [1.165, 1.54) is 10.7 Å². The van der Waals surface area contributed by atoms with Crippen molar-refractivity contribution in [2.75, 3.05) is 7.05 Å². The van der Waals surface area contributed by atoms with Crippen molar-refractivity contribution in [3.63, 3.8) is 0 Å². The monoisotopic (exact) mass is 466 g/mol. The van der Waals surface area contributed by atoms with Crippen molar-refractivity contribution in [2.45, 2.75) is 53.8 Å². The van der Waals surface area contributed by atoms with Gasteiger partial charge in [0.15, 0.2) is 5.65 Å². The standard InChI is InChI=1S/C25H28F2N6O/c1-6-32-17(4)20(15(2)29-32)13-31(5)22(34)14-33-25-23(16(3)30-33)19(24(26)27)12-21(28-25)18-10-8-7-9-11-18/h7-12,24H,6,13-14H2,1-5H3. The fraction of sp³-hybridized carbons (Fsp3) is 0.360. The Morgan fingerprint density at radius 1 is 1.06 bits per heavy atom. The predicted octanol–water partition coefficient (Wildman–Crippen LogP) is 4.84. The highest BCUT2D eigenvalue weighted by molar-refractivity contribution is 5.87. The van der Waals surface area contributed by atoms with Gasteiger partial charge in [-0.15, -0.1) is 0 Å². The van der Waals surface area contributed by atoms with Gasteiger partial charge >= 0.3 is 0 Å². The molecule has 34 heavy (non-hydrogen) atoms. The molecule has 0 N–H and O–H groups in total. The van der Waals surface area contributed by atoms with Crippen LogP contribution in [0, 0.1) is 20.8 Å². The zero-order chi connectivity index (χ0) is 24.6. The van der Waals surface area contributed by atoms with Gasteiger partial charge in [-0.2, -0.15) is 10.2 Å². The number of benzene rings is 1. The third-order valence-corrected chi connectivity index (χ3v) is 6.15. The molecule has 0 saturated carbocycles. The lowest BCUT2D eigenvalue weighted by molar-refractivity contribution is -0.131. The number of aryl methyl sites for hydroxylation is 3. The van der Waals surface area contributed by atoms with Crippen LogP contribution in [-0.4, -0.2) is 42.4 Å². The Morgan fingerprint density at radius 3 is 2.35 bits per heavy atom. The molecule has 0 bridgehead atoms. The van der Waals surface area contributed by atoms with Crippen LogP contribution in [0.4, 0.5) is 8.78 Å². The molecule has 0 atom stereocenters. The topological polar surface area (TPSA) is 68.8 Å². The summed E-state index contributed by atoms with van der Waals surface area (Å²) in [4.78, 5) is 19.3. The molecule has 0 aliphatic rings. The molecule has 3 heterocycles. The molecule has 1 amide bonds. The number of amides is 1. The summed E-state index contributed by atoms with van der Waals surface area (Å²) >= 11 is 0. The number of alkyl halides is 2. The summed E-state index contributed by atoms with van der Waals surface area (Å²) in [6.07, 6.45) is -2.69. The largest absolute Gasteiger partial charge is 0.340 e. The van der Waals surface area contributed by atoms with E-state index in [0.717, 1.165) is 29.1 Å². The minimum atomic E-state index is -2.69. The van der Waals surface area contributed by atoms with Crippen LogP contribution < -0.4 is 0 Å². The molecule has 0 fully saturated rings. The summed E-state index contributed by atoms with van der Waals surface area (Å²) in [7, 11) is 1.72. The van der Waals surface area contributed by atoms with Crippen molar-refractivity contribution in [1.29, 1.82) is 0 Å². The molecular formula is C25H28F2N6O. The second kappa shape index (κ2) is 9.32. The second-order valence-electron chi connectivity index (χ2n) is 8.42.